The van der Waals surface area contributed by atoms with Crippen molar-refractivity contribution in [1.82, 2.24) is 5.32 Å². The average Bonchev–Trinajstić information content (AvgIpc) is 2.34. The van der Waals surface area contributed by atoms with Gasteiger partial charge in [-0.15, -0.1) is 0 Å². The highest BCUT2D eigenvalue weighted by Gasteiger charge is 2.33. The fourth-order valence-electron chi connectivity index (χ4n) is 1.47. The molecule has 0 saturated carbocycles. The number of carbonyl (C=O) groups excluding carboxylic acids is 1. The van der Waals surface area contributed by atoms with Crippen molar-refractivity contribution < 1.29 is 34.1 Å². The summed E-state index contributed by atoms with van der Waals surface area (Å²) in [4.78, 5) is 28.3. The number of amides is 1. The molecule has 9 nitrogen and oxygen atoms in total. The van der Waals surface area contributed by atoms with E-state index in [4.69, 9.17) is 20.3 Å². The smallest absolute Gasteiger partial charge is 0.327 e. The van der Waals surface area contributed by atoms with E-state index in [-0.39, 0.29) is 13.2 Å². The molecule has 0 radical (unpaired) electrons. The summed E-state index contributed by atoms with van der Waals surface area (Å²) in [5, 5.41) is 22.1. The molecule has 7 N–H and O–H groups in total. The minimum atomic E-state index is -2.62. The summed E-state index contributed by atoms with van der Waals surface area (Å²) in [5.74, 6) is -0.471. The van der Waals surface area contributed by atoms with Gasteiger partial charge in [-0.2, -0.15) is 0 Å². The van der Waals surface area contributed by atoms with Crippen LogP contribution in [0, 0.1) is 0 Å². The Kier molecular flexibility index (Phi) is 9.32. The maximum Gasteiger partial charge on any atom is 0.327 e. The first-order chi connectivity index (χ1) is 8.83. The molecule has 0 aliphatic rings. The molecule has 0 aromatic carbocycles. The fraction of sp³-hybridized carbons (Fsp3) is 0.889. The molecular weight excluding hydrogens is 279 g/mol. The normalized spacial score (nSPS) is 17.9. The van der Waals surface area contributed by atoms with Crippen molar-refractivity contribution in [3.8, 4) is 0 Å². The lowest BCUT2D eigenvalue weighted by Gasteiger charge is -2.30. The predicted octanol–water partition coefficient (Wildman–Crippen LogP) is -2.59. The SMILES string of the molecule is COC(CN)C(O)C(O)C(COP(O)O)NC(C)=O. The van der Waals surface area contributed by atoms with Crippen molar-refractivity contribution in [2.24, 2.45) is 5.73 Å². The summed E-state index contributed by atoms with van der Waals surface area (Å²) in [5.41, 5.74) is 5.35. The van der Waals surface area contributed by atoms with E-state index in [0.717, 1.165) is 0 Å². The Morgan fingerprint density at radius 2 is 1.95 bits per heavy atom. The van der Waals surface area contributed by atoms with Crippen molar-refractivity contribution in [1.29, 1.82) is 0 Å². The van der Waals surface area contributed by atoms with E-state index in [1.54, 1.807) is 0 Å². The first-order valence-corrected chi connectivity index (χ1v) is 6.66. The molecule has 0 rings (SSSR count). The number of hydrogen-bond donors (Lipinski definition) is 6. The van der Waals surface area contributed by atoms with Gasteiger partial charge in [-0.3, -0.25) is 4.79 Å². The standard InChI is InChI=1S/C9H21N2O7P/c1-5(12)11-6(4-18-19(15)16)8(13)9(14)7(3-10)17-2/h6-9,13-16H,3-4,10H2,1-2H3,(H,11,12). The lowest BCUT2D eigenvalue weighted by atomic mass is 10.0. The van der Waals surface area contributed by atoms with Crippen LogP contribution in [0.3, 0.4) is 0 Å². The van der Waals surface area contributed by atoms with Crippen LogP contribution in [0.4, 0.5) is 0 Å². The molecule has 0 spiro atoms. The number of nitrogens with one attached hydrogen (secondary N) is 1. The van der Waals surface area contributed by atoms with Crippen molar-refractivity contribution >= 4 is 14.5 Å². The Bertz CT molecular complexity index is 265. The van der Waals surface area contributed by atoms with Gasteiger partial charge in [0.25, 0.3) is 0 Å². The molecule has 0 bridgehead atoms. The van der Waals surface area contributed by atoms with E-state index in [9.17, 15) is 15.0 Å². The minimum absolute atomic E-state index is 0.0327. The monoisotopic (exact) mass is 300 g/mol. The topological polar surface area (TPSA) is 154 Å². The van der Waals surface area contributed by atoms with E-state index >= 15 is 0 Å². The molecule has 4 unspecified atom stereocenters. The second kappa shape index (κ2) is 9.51. The van der Waals surface area contributed by atoms with Crippen LogP contribution < -0.4 is 11.1 Å². The maximum atomic E-state index is 11.0. The highest BCUT2D eigenvalue weighted by molar-refractivity contribution is 7.39. The molecule has 0 aromatic rings. The van der Waals surface area contributed by atoms with Gasteiger partial charge in [0.2, 0.25) is 5.91 Å². The van der Waals surface area contributed by atoms with Gasteiger partial charge in [-0.1, -0.05) is 0 Å². The first-order valence-electron chi connectivity index (χ1n) is 5.50. The number of aliphatic hydroxyl groups excluding tert-OH is 2. The number of carbonyl (C=O) groups is 1. The van der Waals surface area contributed by atoms with E-state index in [2.05, 4.69) is 9.84 Å². The van der Waals surface area contributed by atoms with Gasteiger partial charge in [0.05, 0.1) is 18.8 Å². The molecule has 10 heteroatoms. The number of ether oxygens (including phenoxy) is 1. The van der Waals surface area contributed by atoms with Gasteiger partial charge in [0, 0.05) is 20.6 Å². The predicted molar refractivity (Wildman–Crippen MR) is 66.8 cm³/mol. The number of aliphatic hydroxyl groups is 2. The number of nitrogens with two attached hydrogens (primary N) is 1. The molecule has 0 saturated heterocycles. The van der Waals surface area contributed by atoms with Gasteiger partial charge in [-0.05, 0) is 0 Å². The lowest BCUT2D eigenvalue weighted by molar-refractivity contribution is -0.124. The van der Waals surface area contributed by atoms with Crippen LogP contribution in [-0.4, -0.2) is 70.5 Å². The largest absolute Gasteiger partial charge is 0.388 e. The Hall–Kier alpha value is -0.380. The molecule has 1 amide bonds. The lowest BCUT2D eigenvalue weighted by Crippen LogP contribution is -2.55. The molecule has 0 aromatic heterocycles. The van der Waals surface area contributed by atoms with Crippen LogP contribution in [0.5, 0.6) is 0 Å². The summed E-state index contributed by atoms with van der Waals surface area (Å²) in [6, 6.07) is -1.03. The van der Waals surface area contributed by atoms with E-state index < -0.39 is 38.9 Å². The zero-order valence-corrected chi connectivity index (χ0v) is 11.7. The Morgan fingerprint density at radius 3 is 2.32 bits per heavy atom. The first kappa shape index (κ1) is 18.6. The zero-order chi connectivity index (χ0) is 15.0. The van der Waals surface area contributed by atoms with Crippen molar-refractivity contribution in [3.63, 3.8) is 0 Å². The number of rotatable bonds is 9. The third-order valence-electron chi connectivity index (χ3n) is 2.44. The van der Waals surface area contributed by atoms with Crippen molar-refractivity contribution in [3.05, 3.63) is 0 Å². The molecule has 0 aliphatic heterocycles. The minimum Gasteiger partial charge on any atom is -0.388 e. The molecule has 4 atom stereocenters. The molecule has 0 heterocycles. The van der Waals surface area contributed by atoms with Gasteiger partial charge in [0.15, 0.2) is 0 Å². The van der Waals surface area contributed by atoms with Gasteiger partial charge in [-0.25, -0.2) is 0 Å². The van der Waals surface area contributed by atoms with E-state index in [1.165, 1.54) is 14.0 Å². The maximum absolute atomic E-state index is 11.0. The molecule has 114 valence electrons. The van der Waals surface area contributed by atoms with Crippen molar-refractivity contribution in [2.75, 3.05) is 20.3 Å². The van der Waals surface area contributed by atoms with Gasteiger partial charge < -0.3 is 40.3 Å². The highest BCUT2D eigenvalue weighted by Crippen LogP contribution is 2.24. The third kappa shape index (κ3) is 7.09. The summed E-state index contributed by atoms with van der Waals surface area (Å²) >= 11 is 0. The van der Waals surface area contributed by atoms with Crippen LogP contribution in [0.2, 0.25) is 0 Å². The summed E-state index contributed by atoms with van der Waals surface area (Å²) in [7, 11) is -1.31. The molecule has 0 aliphatic carbocycles. The van der Waals surface area contributed by atoms with Gasteiger partial charge in [0.1, 0.15) is 12.2 Å². The Balaban J connectivity index is 4.67. The zero-order valence-electron chi connectivity index (χ0n) is 10.8. The van der Waals surface area contributed by atoms with Gasteiger partial charge >= 0.3 is 8.60 Å². The van der Waals surface area contributed by atoms with Crippen molar-refractivity contribution in [2.45, 2.75) is 31.3 Å². The second-order valence-corrected chi connectivity index (χ2v) is 4.61. The summed E-state index contributed by atoms with van der Waals surface area (Å²) < 4.78 is 9.42. The fourth-order valence-corrected chi connectivity index (χ4v) is 1.76. The molecule has 0 fully saturated rings. The van der Waals surface area contributed by atoms with Crippen LogP contribution in [0.25, 0.3) is 0 Å². The van der Waals surface area contributed by atoms with Crippen LogP contribution >= 0.6 is 8.60 Å². The molecular formula is C9H21N2O7P. The number of hydrogen-bond acceptors (Lipinski definition) is 8. The quantitative estimate of drug-likeness (QED) is 0.254. The summed E-state index contributed by atoms with van der Waals surface area (Å²) in [6.45, 7) is 0.802. The van der Waals surface area contributed by atoms with Crippen LogP contribution in [-0.2, 0) is 14.1 Å². The summed E-state index contributed by atoms with van der Waals surface area (Å²) in [6.07, 6.45) is -3.62. The van der Waals surface area contributed by atoms with E-state index in [0.29, 0.717) is 0 Å². The van der Waals surface area contributed by atoms with Crippen LogP contribution in [0.15, 0.2) is 0 Å². The average molecular weight is 300 g/mol. The number of methoxy groups -OCH3 is 1. The third-order valence-corrected chi connectivity index (χ3v) is 2.82. The molecule has 19 heavy (non-hydrogen) atoms. The Labute approximate surface area is 112 Å². The van der Waals surface area contributed by atoms with Crippen LogP contribution in [0.1, 0.15) is 6.92 Å². The highest BCUT2D eigenvalue weighted by atomic mass is 31.2. The van der Waals surface area contributed by atoms with E-state index in [1.807, 2.05) is 0 Å². The Morgan fingerprint density at radius 1 is 1.37 bits per heavy atom. The second-order valence-electron chi connectivity index (χ2n) is 3.85.